The van der Waals surface area contributed by atoms with Gasteiger partial charge in [0.05, 0.1) is 22.3 Å². The highest BCUT2D eigenvalue weighted by molar-refractivity contribution is 5.93. The van der Waals surface area contributed by atoms with Crippen LogP contribution in [0.25, 0.3) is 10.9 Å². The highest BCUT2D eigenvalue weighted by Gasteiger charge is 2.08. The van der Waals surface area contributed by atoms with E-state index in [0.29, 0.717) is 48.1 Å². The van der Waals surface area contributed by atoms with Crippen LogP contribution in [0.5, 0.6) is 0 Å². The van der Waals surface area contributed by atoms with Gasteiger partial charge in [0.25, 0.3) is 5.56 Å². The molecule has 4 N–H and O–H groups in total. The monoisotopic (exact) mass is 366 g/mol. The first-order valence-electron chi connectivity index (χ1n) is 8.92. The second-order valence-electron chi connectivity index (χ2n) is 6.38. The number of amides is 1. The number of hydrogen-bond acceptors (Lipinski definition) is 4. The lowest BCUT2D eigenvalue weighted by molar-refractivity contribution is -0.116. The maximum absolute atomic E-state index is 12.4. The van der Waals surface area contributed by atoms with Crippen LogP contribution in [-0.4, -0.2) is 15.5 Å². The number of unbranched alkanes of at least 4 members (excludes halogenated alkanes) is 2. The van der Waals surface area contributed by atoms with Crippen molar-refractivity contribution in [3.63, 3.8) is 0 Å². The van der Waals surface area contributed by atoms with Gasteiger partial charge in [-0.3, -0.25) is 14.2 Å². The standard InChI is InChI=1S/C20H22N4O3/c21-15-9-4-6-11-17(15)22-18(25)12-2-1-7-13-24-19(26)14-8-3-5-10-16(14)23-20(24)27/h3-6,8-11H,1-2,7,12-13,21H2,(H,22,25)(H,23,27). The van der Waals surface area contributed by atoms with Crippen molar-refractivity contribution < 1.29 is 4.79 Å². The summed E-state index contributed by atoms with van der Waals surface area (Å²) in [6, 6.07) is 14.1. The van der Waals surface area contributed by atoms with Gasteiger partial charge in [-0.05, 0) is 37.1 Å². The SMILES string of the molecule is Nc1ccccc1NC(=O)CCCCCn1c(=O)[nH]c2ccccc2c1=O. The molecular weight excluding hydrogens is 344 g/mol. The van der Waals surface area contributed by atoms with E-state index in [1.54, 1.807) is 42.5 Å². The summed E-state index contributed by atoms with van der Waals surface area (Å²) in [5.74, 6) is -0.103. The van der Waals surface area contributed by atoms with Gasteiger partial charge in [0.15, 0.2) is 0 Å². The smallest absolute Gasteiger partial charge is 0.328 e. The number of nitrogens with two attached hydrogens (primary N) is 1. The lowest BCUT2D eigenvalue weighted by atomic mass is 10.1. The van der Waals surface area contributed by atoms with E-state index in [0.717, 1.165) is 6.42 Å². The Bertz CT molecular complexity index is 1070. The molecule has 3 rings (SSSR count). The fourth-order valence-corrected chi connectivity index (χ4v) is 2.96. The number of carbonyl (C=O) groups is 1. The molecule has 0 fully saturated rings. The molecule has 1 amide bonds. The third-order valence-corrected chi connectivity index (χ3v) is 4.41. The zero-order chi connectivity index (χ0) is 19.2. The predicted octanol–water partition coefficient (Wildman–Crippen LogP) is 2.47. The Morgan fingerprint density at radius 3 is 2.56 bits per heavy atom. The van der Waals surface area contributed by atoms with Crippen molar-refractivity contribution in [2.45, 2.75) is 32.2 Å². The second-order valence-corrected chi connectivity index (χ2v) is 6.38. The average molecular weight is 366 g/mol. The largest absolute Gasteiger partial charge is 0.397 e. The Kier molecular flexibility index (Phi) is 5.71. The Hall–Kier alpha value is -3.35. The number of fused-ring (bicyclic) bond motifs is 1. The van der Waals surface area contributed by atoms with Crippen LogP contribution >= 0.6 is 0 Å². The van der Waals surface area contributed by atoms with Gasteiger partial charge in [0.2, 0.25) is 5.91 Å². The zero-order valence-corrected chi connectivity index (χ0v) is 14.9. The molecule has 0 saturated heterocycles. The summed E-state index contributed by atoms with van der Waals surface area (Å²) < 4.78 is 1.22. The molecule has 1 aromatic heterocycles. The minimum absolute atomic E-state index is 0.103. The van der Waals surface area contributed by atoms with Crippen LogP contribution in [0.3, 0.4) is 0 Å². The van der Waals surface area contributed by atoms with Gasteiger partial charge in [-0.2, -0.15) is 0 Å². The molecule has 140 valence electrons. The number of carbonyl (C=O) groups excluding carboxylic acids is 1. The third kappa shape index (κ3) is 4.44. The van der Waals surface area contributed by atoms with Gasteiger partial charge in [-0.25, -0.2) is 4.79 Å². The Balaban J connectivity index is 1.50. The van der Waals surface area contributed by atoms with Crippen LogP contribution in [0.15, 0.2) is 58.1 Å². The molecule has 0 aliphatic carbocycles. The summed E-state index contributed by atoms with van der Waals surface area (Å²) >= 11 is 0. The molecule has 27 heavy (non-hydrogen) atoms. The van der Waals surface area contributed by atoms with Crippen molar-refractivity contribution in [1.82, 2.24) is 9.55 Å². The topological polar surface area (TPSA) is 110 Å². The molecule has 0 spiro atoms. The fraction of sp³-hybridized carbons (Fsp3) is 0.250. The number of aromatic amines is 1. The van der Waals surface area contributed by atoms with Crippen LogP contribution in [-0.2, 0) is 11.3 Å². The Morgan fingerprint density at radius 2 is 1.74 bits per heavy atom. The van der Waals surface area contributed by atoms with E-state index in [2.05, 4.69) is 10.3 Å². The van der Waals surface area contributed by atoms with Gasteiger partial charge < -0.3 is 16.0 Å². The number of nitrogens with one attached hydrogen (secondary N) is 2. The normalized spacial score (nSPS) is 10.8. The zero-order valence-electron chi connectivity index (χ0n) is 14.9. The molecule has 7 heteroatoms. The summed E-state index contributed by atoms with van der Waals surface area (Å²) in [6.45, 7) is 0.326. The van der Waals surface area contributed by atoms with Gasteiger partial charge in [-0.1, -0.05) is 30.7 Å². The number of H-pyrrole nitrogens is 1. The Labute approximate surface area is 155 Å². The number of rotatable bonds is 7. The van der Waals surface area contributed by atoms with Crippen LogP contribution in [0.1, 0.15) is 25.7 Å². The van der Waals surface area contributed by atoms with E-state index in [1.165, 1.54) is 4.57 Å². The van der Waals surface area contributed by atoms with Crippen molar-refractivity contribution in [2.24, 2.45) is 0 Å². The number of para-hydroxylation sites is 3. The first-order valence-corrected chi connectivity index (χ1v) is 8.92. The van der Waals surface area contributed by atoms with E-state index >= 15 is 0 Å². The second kappa shape index (κ2) is 8.35. The number of nitrogens with zero attached hydrogens (tertiary/aromatic N) is 1. The first kappa shape index (κ1) is 18.4. The lowest BCUT2D eigenvalue weighted by Crippen LogP contribution is -2.35. The first-order chi connectivity index (χ1) is 13.1. The molecule has 1 heterocycles. The molecule has 0 saturated carbocycles. The van der Waals surface area contributed by atoms with Crippen LogP contribution in [0.2, 0.25) is 0 Å². The molecule has 0 aliphatic rings. The molecule has 3 aromatic rings. The van der Waals surface area contributed by atoms with Crippen molar-refractivity contribution in [1.29, 1.82) is 0 Å². The van der Waals surface area contributed by atoms with Crippen molar-refractivity contribution >= 4 is 28.2 Å². The Morgan fingerprint density at radius 1 is 1.00 bits per heavy atom. The summed E-state index contributed by atoms with van der Waals surface area (Å²) in [7, 11) is 0. The molecule has 0 unspecified atom stereocenters. The van der Waals surface area contributed by atoms with Crippen molar-refractivity contribution in [2.75, 3.05) is 11.1 Å². The third-order valence-electron chi connectivity index (χ3n) is 4.41. The molecule has 2 aromatic carbocycles. The predicted molar refractivity (Wildman–Crippen MR) is 107 cm³/mol. The highest BCUT2D eigenvalue weighted by atomic mass is 16.2. The van der Waals surface area contributed by atoms with E-state index in [4.69, 9.17) is 5.73 Å². The number of benzene rings is 2. The highest BCUT2D eigenvalue weighted by Crippen LogP contribution is 2.17. The van der Waals surface area contributed by atoms with E-state index in [1.807, 2.05) is 6.07 Å². The summed E-state index contributed by atoms with van der Waals surface area (Å²) in [6.07, 6.45) is 2.40. The quantitative estimate of drug-likeness (QED) is 0.441. The maximum atomic E-state index is 12.4. The van der Waals surface area contributed by atoms with Gasteiger partial charge in [0.1, 0.15) is 0 Å². The van der Waals surface area contributed by atoms with Gasteiger partial charge in [-0.15, -0.1) is 0 Å². The fourth-order valence-electron chi connectivity index (χ4n) is 2.96. The molecule has 0 bridgehead atoms. The van der Waals surface area contributed by atoms with E-state index in [9.17, 15) is 14.4 Å². The van der Waals surface area contributed by atoms with Crippen LogP contribution < -0.4 is 22.3 Å². The molecular formula is C20H22N4O3. The molecule has 0 aliphatic heterocycles. The summed E-state index contributed by atoms with van der Waals surface area (Å²) in [4.78, 5) is 39.2. The maximum Gasteiger partial charge on any atom is 0.328 e. The van der Waals surface area contributed by atoms with E-state index in [-0.39, 0.29) is 11.5 Å². The molecule has 7 nitrogen and oxygen atoms in total. The number of anilines is 2. The van der Waals surface area contributed by atoms with Gasteiger partial charge >= 0.3 is 5.69 Å². The summed E-state index contributed by atoms with van der Waals surface area (Å²) in [5, 5.41) is 3.28. The molecule has 0 atom stereocenters. The average Bonchev–Trinajstić information content (AvgIpc) is 2.65. The minimum atomic E-state index is -0.406. The van der Waals surface area contributed by atoms with Crippen LogP contribution in [0, 0.1) is 0 Å². The minimum Gasteiger partial charge on any atom is -0.397 e. The van der Waals surface area contributed by atoms with E-state index < -0.39 is 5.69 Å². The lowest BCUT2D eigenvalue weighted by Gasteiger charge is -2.08. The van der Waals surface area contributed by atoms with Crippen molar-refractivity contribution in [3.8, 4) is 0 Å². The van der Waals surface area contributed by atoms with Gasteiger partial charge in [0, 0.05) is 13.0 Å². The summed E-state index contributed by atoms with van der Waals surface area (Å²) in [5.41, 5.74) is 6.78. The number of nitrogen functional groups attached to an aromatic ring is 1. The number of hydrogen-bond donors (Lipinski definition) is 3. The number of aromatic nitrogens is 2. The van der Waals surface area contributed by atoms with Crippen LogP contribution in [0.4, 0.5) is 11.4 Å². The molecule has 0 radical (unpaired) electrons. The van der Waals surface area contributed by atoms with Crippen molar-refractivity contribution in [3.05, 3.63) is 69.4 Å².